The van der Waals surface area contributed by atoms with Crippen LogP contribution in [0.25, 0.3) is 5.57 Å². The molecule has 0 saturated heterocycles. The standard InChI is InChI=1S/C11H14FNO/c1-4-5-8(2)9-6-10(12)11(14-3)13-7-9/h5-7H,4H2,1-3H3/b8-5+. The first-order valence-corrected chi connectivity index (χ1v) is 4.55. The number of methoxy groups -OCH3 is 1. The van der Waals surface area contributed by atoms with Gasteiger partial charge in [0.1, 0.15) is 0 Å². The maximum Gasteiger partial charge on any atom is 0.250 e. The molecule has 1 heterocycles. The summed E-state index contributed by atoms with van der Waals surface area (Å²) < 4.78 is 18.0. The van der Waals surface area contributed by atoms with Crippen molar-refractivity contribution in [1.82, 2.24) is 4.98 Å². The average molecular weight is 195 g/mol. The topological polar surface area (TPSA) is 22.1 Å². The SMILES string of the molecule is CC/C=C(\C)c1cnc(OC)c(F)c1. The highest BCUT2D eigenvalue weighted by Gasteiger charge is 2.05. The normalized spacial score (nSPS) is 11.6. The van der Waals surface area contributed by atoms with Crippen LogP contribution in [0.1, 0.15) is 25.8 Å². The molecule has 2 nitrogen and oxygen atoms in total. The number of rotatable bonds is 3. The van der Waals surface area contributed by atoms with E-state index in [-0.39, 0.29) is 5.88 Å². The lowest BCUT2D eigenvalue weighted by Gasteiger charge is -2.04. The minimum absolute atomic E-state index is 0.0399. The summed E-state index contributed by atoms with van der Waals surface area (Å²) in [6.07, 6.45) is 4.58. The summed E-state index contributed by atoms with van der Waals surface area (Å²) in [7, 11) is 1.40. The second-order valence-electron chi connectivity index (χ2n) is 3.01. The molecule has 0 N–H and O–H groups in total. The number of halogens is 1. The number of nitrogens with zero attached hydrogens (tertiary/aromatic N) is 1. The lowest BCUT2D eigenvalue weighted by atomic mass is 10.1. The molecule has 0 aliphatic rings. The van der Waals surface area contributed by atoms with Crippen molar-refractivity contribution in [2.75, 3.05) is 7.11 Å². The van der Waals surface area contributed by atoms with E-state index in [0.29, 0.717) is 0 Å². The van der Waals surface area contributed by atoms with Gasteiger partial charge in [0.05, 0.1) is 7.11 Å². The van der Waals surface area contributed by atoms with E-state index in [9.17, 15) is 4.39 Å². The summed E-state index contributed by atoms with van der Waals surface area (Å²) in [6, 6.07) is 1.44. The lowest BCUT2D eigenvalue weighted by molar-refractivity contribution is 0.369. The molecule has 1 rings (SSSR count). The summed E-state index contributed by atoms with van der Waals surface area (Å²) in [4.78, 5) is 3.86. The second kappa shape index (κ2) is 4.74. The lowest BCUT2D eigenvalue weighted by Crippen LogP contribution is -1.93. The molecule has 1 aromatic rings. The number of hydrogen-bond acceptors (Lipinski definition) is 2. The molecule has 0 aliphatic heterocycles. The molecule has 1 aromatic heterocycles. The zero-order chi connectivity index (χ0) is 10.6. The van der Waals surface area contributed by atoms with Crippen LogP contribution in [0, 0.1) is 5.82 Å². The summed E-state index contributed by atoms with van der Waals surface area (Å²) in [5.74, 6) is -0.382. The Morgan fingerprint density at radius 3 is 2.86 bits per heavy atom. The minimum atomic E-state index is -0.422. The predicted molar refractivity (Wildman–Crippen MR) is 54.7 cm³/mol. The van der Waals surface area contributed by atoms with Gasteiger partial charge in [0.15, 0.2) is 5.82 Å². The van der Waals surface area contributed by atoms with Gasteiger partial charge >= 0.3 is 0 Å². The van der Waals surface area contributed by atoms with Crippen molar-refractivity contribution < 1.29 is 9.13 Å². The molecule has 76 valence electrons. The van der Waals surface area contributed by atoms with Crippen LogP contribution in [-0.2, 0) is 0 Å². The van der Waals surface area contributed by atoms with Gasteiger partial charge in [-0.2, -0.15) is 0 Å². The van der Waals surface area contributed by atoms with Gasteiger partial charge in [-0.25, -0.2) is 9.37 Å². The first-order valence-electron chi connectivity index (χ1n) is 4.55. The van der Waals surface area contributed by atoms with Gasteiger partial charge in [0.25, 0.3) is 0 Å². The van der Waals surface area contributed by atoms with Gasteiger partial charge in [-0.15, -0.1) is 0 Å². The van der Waals surface area contributed by atoms with E-state index in [1.54, 1.807) is 6.20 Å². The highest BCUT2D eigenvalue weighted by atomic mass is 19.1. The number of hydrogen-bond donors (Lipinski definition) is 0. The van der Waals surface area contributed by atoms with Crippen LogP contribution in [0.5, 0.6) is 5.88 Å². The number of ether oxygens (including phenoxy) is 1. The van der Waals surface area contributed by atoms with Crippen molar-refractivity contribution in [1.29, 1.82) is 0 Å². The smallest absolute Gasteiger partial charge is 0.250 e. The molecule has 0 bridgehead atoms. The van der Waals surface area contributed by atoms with Crippen molar-refractivity contribution in [3.05, 3.63) is 29.7 Å². The average Bonchev–Trinajstić information content (AvgIpc) is 2.18. The molecule has 0 amide bonds. The summed E-state index contributed by atoms with van der Waals surface area (Å²) in [6.45, 7) is 3.98. The van der Waals surface area contributed by atoms with Crippen LogP contribution >= 0.6 is 0 Å². The fourth-order valence-electron chi connectivity index (χ4n) is 1.22. The highest BCUT2D eigenvalue weighted by molar-refractivity contribution is 5.63. The molecule has 0 aliphatic carbocycles. The Kier molecular flexibility index (Phi) is 3.63. The minimum Gasteiger partial charge on any atom is -0.479 e. The molecular weight excluding hydrogens is 181 g/mol. The first-order chi connectivity index (χ1) is 6.69. The van der Waals surface area contributed by atoms with Crippen molar-refractivity contribution in [3.8, 4) is 5.88 Å². The zero-order valence-electron chi connectivity index (χ0n) is 8.67. The van der Waals surface area contributed by atoms with E-state index in [2.05, 4.69) is 4.98 Å². The second-order valence-corrected chi connectivity index (χ2v) is 3.01. The Labute approximate surface area is 83.4 Å². The molecule has 0 atom stereocenters. The van der Waals surface area contributed by atoms with E-state index in [1.807, 2.05) is 19.9 Å². The Morgan fingerprint density at radius 1 is 1.64 bits per heavy atom. The molecular formula is C11H14FNO. The summed E-state index contributed by atoms with van der Waals surface area (Å²) in [5, 5.41) is 0. The van der Waals surface area contributed by atoms with Crippen LogP contribution in [-0.4, -0.2) is 12.1 Å². The first kappa shape index (κ1) is 10.7. The molecule has 0 radical (unpaired) electrons. The monoisotopic (exact) mass is 195 g/mol. The fraction of sp³-hybridized carbons (Fsp3) is 0.364. The van der Waals surface area contributed by atoms with Crippen molar-refractivity contribution in [2.45, 2.75) is 20.3 Å². The quantitative estimate of drug-likeness (QED) is 0.739. The zero-order valence-corrected chi connectivity index (χ0v) is 8.67. The fourth-order valence-corrected chi connectivity index (χ4v) is 1.22. The van der Waals surface area contributed by atoms with Gasteiger partial charge < -0.3 is 4.74 Å². The molecule has 0 fully saturated rings. The third-order valence-electron chi connectivity index (χ3n) is 1.97. The van der Waals surface area contributed by atoms with Crippen LogP contribution in [0.4, 0.5) is 4.39 Å². The van der Waals surface area contributed by atoms with E-state index < -0.39 is 5.82 Å². The summed E-state index contributed by atoms with van der Waals surface area (Å²) in [5.41, 5.74) is 1.83. The van der Waals surface area contributed by atoms with Gasteiger partial charge in [0, 0.05) is 6.20 Å². The van der Waals surface area contributed by atoms with Gasteiger partial charge in [-0.1, -0.05) is 13.0 Å². The maximum atomic E-state index is 13.2. The highest BCUT2D eigenvalue weighted by Crippen LogP contribution is 2.19. The van der Waals surface area contributed by atoms with E-state index in [0.717, 1.165) is 17.6 Å². The Bertz CT molecular complexity index is 347. The third-order valence-corrected chi connectivity index (χ3v) is 1.97. The van der Waals surface area contributed by atoms with Gasteiger partial charge in [-0.3, -0.25) is 0 Å². The van der Waals surface area contributed by atoms with Crippen molar-refractivity contribution in [2.24, 2.45) is 0 Å². The van der Waals surface area contributed by atoms with E-state index >= 15 is 0 Å². The summed E-state index contributed by atoms with van der Waals surface area (Å²) >= 11 is 0. The van der Waals surface area contributed by atoms with Gasteiger partial charge in [-0.05, 0) is 30.5 Å². The van der Waals surface area contributed by atoms with Crippen LogP contribution in [0.2, 0.25) is 0 Å². The van der Waals surface area contributed by atoms with Crippen molar-refractivity contribution in [3.63, 3.8) is 0 Å². The predicted octanol–water partition coefficient (Wildman–Crippen LogP) is 3.04. The number of pyridine rings is 1. The largest absolute Gasteiger partial charge is 0.479 e. The van der Waals surface area contributed by atoms with Crippen LogP contribution in [0.3, 0.4) is 0 Å². The maximum absolute atomic E-state index is 13.2. The Hall–Kier alpha value is -1.38. The van der Waals surface area contributed by atoms with Crippen LogP contribution < -0.4 is 4.74 Å². The molecule has 14 heavy (non-hydrogen) atoms. The third kappa shape index (κ3) is 2.31. The Morgan fingerprint density at radius 2 is 2.36 bits per heavy atom. The molecule has 0 aromatic carbocycles. The number of aromatic nitrogens is 1. The van der Waals surface area contributed by atoms with E-state index in [1.165, 1.54) is 13.2 Å². The molecule has 0 saturated carbocycles. The molecule has 0 spiro atoms. The van der Waals surface area contributed by atoms with Gasteiger partial charge in [0.2, 0.25) is 5.88 Å². The molecule has 3 heteroatoms. The molecule has 0 unspecified atom stereocenters. The van der Waals surface area contributed by atoms with E-state index in [4.69, 9.17) is 4.74 Å². The van der Waals surface area contributed by atoms with Crippen molar-refractivity contribution >= 4 is 5.57 Å². The number of allylic oxidation sites excluding steroid dienone is 2. The van der Waals surface area contributed by atoms with Crippen LogP contribution in [0.15, 0.2) is 18.3 Å². The Balaban J connectivity index is 3.02.